The number of rotatable bonds is 4. The van der Waals surface area contributed by atoms with Crippen LogP contribution in [0.1, 0.15) is 0 Å². The van der Waals surface area contributed by atoms with Gasteiger partial charge in [-0.15, -0.1) is 0 Å². The van der Waals surface area contributed by atoms with Gasteiger partial charge in [0.1, 0.15) is 6.54 Å². The number of carbonyl (C=O) groups excluding carboxylic acids is 1. The van der Waals surface area contributed by atoms with Gasteiger partial charge in [0.2, 0.25) is 5.91 Å². The fourth-order valence-electron chi connectivity index (χ4n) is 3.11. The number of benzene rings is 2. The lowest BCUT2D eigenvalue weighted by Crippen LogP contribution is -2.29. The molecule has 4 aromatic rings. The van der Waals surface area contributed by atoms with E-state index in [1.54, 1.807) is 12.1 Å². The van der Waals surface area contributed by atoms with E-state index in [1.807, 2.05) is 60.3 Å². The molecule has 0 bridgehead atoms. The monoisotopic (exact) mass is 392 g/mol. The molecule has 0 saturated carbocycles. The Kier molecular flexibility index (Phi) is 4.71. The maximum Gasteiger partial charge on any atom is 0.267 e. The van der Waals surface area contributed by atoms with Crippen LogP contribution in [0.5, 0.6) is 0 Å². The highest BCUT2D eigenvalue weighted by molar-refractivity contribution is 6.33. The highest BCUT2D eigenvalue weighted by Crippen LogP contribution is 2.25. The van der Waals surface area contributed by atoms with Crippen LogP contribution < -0.4 is 10.9 Å². The molecule has 7 heteroatoms. The number of hydrogen-bond acceptors (Lipinski definition) is 3. The van der Waals surface area contributed by atoms with E-state index in [0.717, 1.165) is 15.6 Å². The number of aryl methyl sites for hydroxylation is 1. The second-order valence-electron chi connectivity index (χ2n) is 6.41. The third-order valence-corrected chi connectivity index (χ3v) is 4.84. The molecule has 1 N–H and O–H groups in total. The number of hydrogen-bond donors (Lipinski definition) is 1. The fourth-order valence-corrected chi connectivity index (χ4v) is 3.34. The summed E-state index contributed by atoms with van der Waals surface area (Å²) >= 11 is 6.21. The largest absolute Gasteiger partial charge is 0.350 e. The van der Waals surface area contributed by atoms with Crippen molar-refractivity contribution < 1.29 is 4.79 Å². The van der Waals surface area contributed by atoms with E-state index in [1.165, 1.54) is 6.07 Å². The Morgan fingerprint density at radius 1 is 1.07 bits per heavy atom. The Balaban J connectivity index is 1.60. The molecule has 0 aliphatic rings. The molecule has 0 aliphatic carbocycles. The lowest BCUT2D eigenvalue weighted by atomic mass is 10.1. The molecule has 0 radical (unpaired) electrons. The summed E-state index contributed by atoms with van der Waals surface area (Å²) in [6.07, 6.45) is 1.93. The topological polar surface area (TPSA) is 68.9 Å². The second-order valence-corrected chi connectivity index (χ2v) is 6.81. The van der Waals surface area contributed by atoms with Crippen molar-refractivity contribution in [2.75, 3.05) is 5.32 Å². The Labute approximate surface area is 166 Å². The van der Waals surface area contributed by atoms with Gasteiger partial charge in [-0.05, 0) is 30.3 Å². The van der Waals surface area contributed by atoms with E-state index in [2.05, 4.69) is 10.4 Å². The lowest BCUT2D eigenvalue weighted by molar-refractivity contribution is -0.117. The van der Waals surface area contributed by atoms with Crippen LogP contribution in [-0.2, 0) is 18.4 Å². The van der Waals surface area contributed by atoms with Crippen molar-refractivity contribution >= 4 is 34.1 Å². The predicted molar refractivity (Wildman–Crippen MR) is 110 cm³/mol. The first-order valence-corrected chi connectivity index (χ1v) is 9.08. The normalized spacial score (nSPS) is 10.9. The van der Waals surface area contributed by atoms with Crippen LogP contribution in [0.2, 0.25) is 5.02 Å². The van der Waals surface area contributed by atoms with Crippen LogP contribution in [0, 0.1) is 0 Å². The number of nitrogens with one attached hydrogen (secondary N) is 1. The van der Waals surface area contributed by atoms with Crippen molar-refractivity contribution in [1.82, 2.24) is 14.3 Å². The van der Waals surface area contributed by atoms with E-state index >= 15 is 0 Å². The summed E-state index contributed by atoms with van der Waals surface area (Å²) in [5, 5.41) is 8.63. The zero-order valence-electron chi connectivity index (χ0n) is 15.1. The first kappa shape index (κ1) is 18.0. The minimum Gasteiger partial charge on any atom is -0.350 e. The summed E-state index contributed by atoms with van der Waals surface area (Å²) in [7, 11) is 1.94. The van der Waals surface area contributed by atoms with Gasteiger partial charge >= 0.3 is 0 Å². The lowest BCUT2D eigenvalue weighted by Gasteiger charge is -2.10. The maximum absolute atomic E-state index is 12.6. The number of anilines is 1. The first-order chi connectivity index (χ1) is 13.5. The number of carbonyl (C=O) groups is 1. The molecule has 0 atom stereocenters. The molecule has 2 aromatic heterocycles. The number of nitrogens with zero attached hydrogens (tertiary/aromatic N) is 3. The number of halogens is 1. The van der Waals surface area contributed by atoms with Gasteiger partial charge in [0.15, 0.2) is 0 Å². The van der Waals surface area contributed by atoms with E-state index in [-0.39, 0.29) is 18.0 Å². The van der Waals surface area contributed by atoms with Crippen molar-refractivity contribution in [3.63, 3.8) is 0 Å². The molecular weight excluding hydrogens is 376 g/mol. The molecule has 0 fully saturated rings. The molecule has 2 aromatic carbocycles. The molecule has 4 rings (SSSR count). The van der Waals surface area contributed by atoms with Crippen molar-refractivity contribution in [1.29, 1.82) is 0 Å². The Bertz CT molecular complexity index is 1240. The third-order valence-electron chi connectivity index (χ3n) is 4.51. The summed E-state index contributed by atoms with van der Waals surface area (Å²) in [5.74, 6) is -0.331. The number of amides is 1. The average Bonchev–Trinajstić information content (AvgIpc) is 3.06. The molecule has 1 amide bonds. The zero-order chi connectivity index (χ0) is 19.7. The quantitative estimate of drug-likeness (QED) is 0.575. The van der Waals surface area contributed by atoms with Crippen molar-refractivity contribution in [2.24, 2.45) is 7.05 Å². The minimum absolute atomic E-state index is 0.194. The molecule has 28 heavy (non-hydrogen) atoms. The van der Waals surface area contributed by atoms with Gasteiger partial charge in [-0.3, -0.25) is 9.59 Å². The van der Waals surface area contributed by atoms with Gasteiger partial charge in [-0.1, -0.05) is 35.9 Å². The first-order valence-electron chi connectivity index (χ1n) is 8.70. The molecule has 2 heterocycles. The van der Waals surface area contributed by atoms with Gasteiger partial charge in [0, 0.05) is 35.8 Å². The molecule has 0 unspecified atom stereocenters. The van der Waals surface area contributed by atoms with Gasteiger partial charge in [0.25, 0.3) is 5.56 Å². The smallest absolute Gasteiger partial charge is 0.267 e. The molecule has 0 saturated heterocycles. The number of aromatic nitrogens is 3. The van der Waals surface area contributed by atoms with Crippen LogP contribution in [0.25, 0.3) is 22.2 Å². The minimum atomic E-state index is -0.358. The summed E-state index contributed by atoms with van der Waals surface area (Å²) in [6.45, 7) is -0.194. The van der Waals surface area contributed by atoms with E-state index in [4.69, 9.17) is 11.6 Å². The van der Waals surface area contributed by atoms with E-state index in [9.17, 15) is 9.59 Å². The van der Waals surface area contributed by atoms with Gasteiger partial charge < -0.3 is 9.88 Å². The predicted octanol–water partition coefficient (Wildman–Crippen LogP) is 3.69. The summed E-state index contributed by atoms with van der Waals surface area (Å²) in [4.78, 5) is 24.7. The summed E-state index contributed by atoms with van der Waals surface area (Å²) in [5.41, 5.74) is 2.58. The van der Waals surface area contributed by atoms with E-state index in [0.29, 0.717) is 22.0 Å². The van der Waals surface area contributed by atoms with Crippen molar-refractivity contribution in [2.45, 2.75) is 6.54 Å². The summed E-state index contributed by atoms with van der Waals surface area (Å²) in [6, 6.07) is 17.8. The van der Waals surface area contributed by atoms with E-state index < -0.39 is 0 Å². The molecule has 6 nitrogen and oxygen atoms in total. The van der Waals surface area contributed by atoms with Crippen molar-refractivity contribution in [3.8, 4) is 11.3 Å². The fraction of sp³-hybridized carbons (Fsp3) is 0.0952. The Hall–Kier alpha value is -3.38. The van der Waals surface area contributed by atoms with Crippen LogP contribution in [0.4, 0.5) is 5.69 Å². The van der Waals surface area contributed by atoms with Crippen molar-refractivity contribution in [3.05, 3.63) is 82.2 Å². The van der Waals surface area contributed by atoms with Crippen LogP contribution >= 0.6 is 11.6 Å². The molecule has 0 spiro atoms. The maximum atomic E-state index is 12.6. The third kappa shape index (κ3) is 3.42. The Morgan fingerprint density at radius 2 is 1.89 bits per heavy atom. The van der Waals surface area contributed by atoms with Gasteiger partial charge in [-0.25, -0.2) is 4.68 Å². The SMILES string of the molecule is Cn1ccc2c(NC(=O)Cn3nc(-c4ccccc4Cl)ccc3=O)cccc21. The molecule has 140 valence electrons. The van der Waals surface area contributed by atoms with Crippen LogP contribution in [0.3, 0.4) is 0 Å². The van der Waals surface area contributed by atoms with Crippen LogP contribution in [-0.4, -0.2) is 20.3 Å². The zero-order valence-corrected chi connectivity index (χ0v) is 15.8. The summed E-state index contributed by atoms with van der Waals surface area (Å²) < 4.78 is 3.11. The van der Waals surface area contributed by atoms with Gasteiger partial charge in [0.05, 0.1) is 16.4 Å². The second kappa shape index (κ2) is 7.32. The highest BCUT2D eigenvalue weighted by Gasteiger charge is 2.12. The Morgan fingerprint density at radius 3 is 2.71 bits per heavy atom. The van der Waals surface area contributed by atoms with Gasteiger partial charge in [-0.2, -0.15) is 5.10 Å². The number of fused-ring (bicyclic) bond motifs is 1. The van der Waals surface area contributed by atoms with Crippen LogP contribution in [0.15, 0.2) is 71.7 Å². The molecule has 0 aliphatic heterocycles. The molecular formula is C21H17ClN4O2. The standard InChI is InChI=1S/C21H17ClN4O2/c1-25-12-11-15-17(7-4-8-19(15)25)23-20(27)13-26-21(28)10-9-18(24-26)14-5-2-3-6-16(14)22/h2-12H,13H2,1H3,(H,23,27). The average molecular weight is 393 g/mol. The highest BCUT2D eigenvalue weighted by atomic mass is 35.5.